The fourth-order valence-corrected chi connectivity index (χ4v) is 1.76. The molecule has 0 saturated heterocycles. The summed E-state index contributed by atoms with van der Waals surface area (Å²) in [6.07, 6.45) is 4.15. The number of H-pyrrole nitrogens is 1. The number of anilines is 1. The van der Waals surface area contributed by atoms with E-state index in [9.17, 15) is 0 Å². The van der Waals surface area contributed by atoms with Gasteiger partial charge in [-0.25, -0.2) is 9.50 Å². The van der Waals surface area contributed by atoms with E-state index in [0.717, 1.165) is 23.5 Å². The lowest BCUT2D eigenvalue weighted by Crippen LogP contribution is -2.07. The summed E-state index contributed by atoms with van der Waals surface area (Å²) in [5.41, 5.74) is 1.98. The highest BCUT2D eigenvalue weighted by atomic mass is 15.3. The summed E-state index contributed by atoms with van der Waals surface area (Å²) in [6, 6.07) is 3.97. The summed E-state index contributed by atoms with van der Waals surface area (Å²) in [7, 11) is 0. The number of rotatable bonds is 4. The highest BCUT2D eigenvalue weighted by Crippen LogP contribution is 2.09. The second kappa shape index (κ2) is 4.44. The third kappa shape index (κ3) is 2.02. The van der Waals surface area contributed by atoms with Crippen LogP contribution in [-0.4, -0.2) is 36.3 Å². The molecule has 0 fully saturated rings. The van der Waals surface area contributed by atoms with Gasteiger partial charge in [-0.1, -0.05) is 6.07 Å². The van der Waals surface area contributed by atoms with Crippen molar-refractivity contribution in [3.05, 3.63) is 36.0 Å². The standard InChI is InChI=1S/C11H13N7/c1-8-3-2-6-18-10(8)15-11(17-18)12-5-4-9-13-7-14-16-9/h2-3,6-7H,4-5H2,1H3,(H,12,17)(H,13,14,16). The molecule has 3 aromatic rings. The summed E-state index contributed by atoms with van der Waals surface area (Å²) in [6.45, 7) is 2.73. The van der Waals surface area contributed by atoms with E-state index in [-0.39, 0.29) is 0 Å². The van der Waals surface area contributed by atoms with Crippen LogP contribution in [0.25, 0.3) is 5.65 Å². The van der Waals surface area contributed by atoms with Crippen molar-refractivity contribution in [2.24, 2.45) is 0 Å². The molecule has 0 bridgehead atoms. The van der Waals surface area contributed by atoms with Crippen LogP contribution in [0.2, 0.25) is 0 Å². The highest BCUT2D eigenvalue weighted by molar-refractivity contribution is 5.49. The SMILES string of the molecule is Cc1cccn2nc(NCCc3ncn[nH]3)nc12. The molecule has 0 aromatic carbocycles. The normalized spacial score (nSPS) is 10.9. The van der Waals surface area contributed by atoms with Crippen molar-refractivity contribution >= 4 is 11.6 Å². The van der Waals surface area contributed by atoms with Crippen molar-refractivity contribution in [2.45, 2.75) is 13.3 Å². The molecule has 0 unspecified atom stereocenters. The van der Waals surface area contributed by atoms with Gasteiger partial charge in [0.25, 0.3) is 0 Å². The molecule has 0 spiro atoms. The maximum atomic E-state index is 4.43. The van der Waals surface area contributed by atoms with Gasteiger partial charge in [-0.05, 0) is 18.6 Å². The van der Waals surface area contributed by atoms with Gasteiger partial charge in [-0.2, -0.15) is 10.1 Å². The highest BCUT2D eigenvalue weighted by Gasteiger charge is 2.04. The van der Waals surface area contributed by atoms with Crippen LogP contribution in [0.1, 0.15) is 11.4 Å². The lowest BCUT2D eigenvalue weighted by atomic mass is 10.3. The van der Waals surface area contributed by atoms with Gasteiger partial charge in [0.15, 0.2) is 5.65 Å². The number of fused-ring (bicyclic) bond motifs is 1. The average Bonchev–Trinajstić information content (AvgIpc) is 2.98. The van der Waals surface area contributed by atoms with E-state index in [0.29, 0.717) is 12.5 Å². The van der Waals surface area contributed by atoms with Crippen LogP contribution in [0.5, 0.6) is 0 Å². The average molecular weight is 243 g/mol. The minimum Gasteiger partial charge on any atom is -0.352 e. The van der Waals surface area contributed by atoms with E-state index in [1.54, 1.807) is 4.52 Å². The topological polar surface area (TPSA) is 83.8 Å². The van der Waals surface area contributed by atoms with Crippen LogP contribution < -0.4 is 5.32 Å². The van der Waals surface area contributed by atoms with Crippen molar-refractivity contribution in [1.82, 2.24) is 29.8 Å². The zero-order chi connectivity index (χ0) is 12.4. The zero-order valence-corrected chi connectivity index (χ0v) is 9.96. The maximum Gasteiger partial charge on any atom is 0.243 e. The van der Waals surface area contributed by atoms with Crippen LogP contribution in [0.15, 0.2) is 24.7 Å². The second-order valence-corrected chi connectivity index (χ2v) is 4.00. The number of hydrogen-bond acceptors (Lipinski definition) is 5. The van der Waals surface area contributed by atoms with E-state index >= 15 is 0 Å². The first-order valence-corrected chi connectivity index (χ1v) is 5.73. The van der Waals surface area contributed by atoms with E-state index in [2.05, 4.69) is 30.6 Å². The van der Waals surface area contributed by atoms with Gasteiger partial charge in [0.2, 0.25) is 5.95 Å². The molecule has 2 N–H and O–H groups in total. The second-order valence-electron chi connectivity index (χ2n) is 4.00. The molecule has 0 saturated carbocycles. The van der Waals surface area contributed by atoms with E-state index in [1.165, 1.54) is 6.33 Å². The number of aryl methyl sites for hydroxylation is 1. The van der Waals surface area contributed by atoms with Crippen molar-refractivity contribution in [3.63, 3.8) is 0 Å². The Hall–Kier alpha value is -2.44. The molecule has 92 valence electrons. The Morgan fingerprint density at radius 1 is 1.44 bits per heavy atom. The molecule has 0 amide bonds. The summed E-state index contributed by atoms with van der Waals surface area (Å²) >= 11 is 0. The summed E-state index contributed by atoms with van der Waals surface area (Å²) in [4.78, 5) is 8.48. The molecule has 0 aliphatic rings. The third-order valence-electron chi connectivity index (χ3n) is 2.67. The maximum absolute atomic E-state index is 4.43. The Morgan fingerprint density at radius 2 is 2.39 bits per heavy atom. The van der Waals surface area contributed by atoms with Crippen molar-refractivity contribution in [3.8, 4) is 0 Å². The smallest absolute Gasteiger partial charge is 0.243 e. The third-order valence-corrected chi connectivity index (χ3v) is 2.67. The lowest BCUT2D eigenvalue weighted by molar-refractivity contribution is 0.884. The Labute approximate surface area is 103 Å². The van der Waals surface area contributed by atoms with Gasteiger partial charge < -0.3 is 5.32 Å². The molecule has 7 nitrogen and oxygen atoms in total. The molecule has 3 aromatic heterocycles. The fourth-order valence-electron chi connectivity index (χ4n) is 1.76. The van der Waals surface area contributed by atoms with E-state index in [1.807, 2.05) is 25.3 Å². The largest absolute Gasteiger partial charge is 0.352 e. The Morgan fingerprint density at radius 3 is 3.17 bits per heavy atom. The molecular weight excluding hydrogens is 230 g/mol. The number of nitrogens with zero attached hydrogens (tertiary/aromatic N) is 5. The van der Waals surface area contributed by atoms with Gasteiger partial charge in [-0.15, -0.1) is 5.10 Å². The quantitative estimate of drug-likeness (QED) is 0.708. The Balaban J connectivity index is 1.69. The Kier molecular flexibility index (Phi) is 2.64. The molecule has 18 heavy (non-hydrogen) atoms. The van der Waals surface area contributed by atoms with Gasteiger partial charge in [0, 0.05) is 19.2 Å². The van der Waals surface area contributed by atoms with Crippen molar-refractivity contribution < 1.29 is 0 Å². The summed E-state index contributed by atoms with van der Waals surface area (Å²) in [5, 5.41) is 14.1. The monoisotopic (exact) mass is 243 g/mol. The number of hydrogen-bond donors (Lipinski definition) is 2. The van der Waals surface area contributed by atoms with Crippen LogP contribution in [0, 0.1) is 6.92 Å². The van der Waals surface area contributed by atoms with E-state index < -0.39 is 0 Å². The first-order chi connectivity index (χ1) is 8.83. The molecule has 0 radical (unpaired) electrons. The minimum absolute atomic E-state index is 0.629. The lowest BCUT2D eigenvalue weighted by Gasteiger charge is -1.97. The van der Waals surface area contributed by atoms with Gasteiger partial charge >= 0.3 is 0 Å². The summed E-state index contributed by atoms with van der Waals surface area (Å²) in [5.74, 6) is 1.48. The minimum atomic E-state index is 0.629. The first kappa shape index (κ1) is 10.7. The number of nitrogens with one attached hydrogen (secondary N) is 2. The van der Waals surface area contributed by atoms with Crippen LogP contribution in [0.3, 0.4) is 0 Å². The Bertz CT molecular complexity index is 641. The van der Waals surface area contributed by atoms with Crippen LogP contribution in [-0.2, 0) is 6.42 Å². The van der Waals surface area contributed by atoms with Crippen molar-refractivity contribution in [2.75, 3.05) is 11.9 Å². The van der Waals surface area contributed by atoms with Gasteiger partial charge in [0.05, 0.1) is 0 Å². The van der Waals surface area contributed by atoms with Gasteiger partial charge in [-0.3, -0.25) is 5.10 Å². The van der Waals surface area contributed by atoms with E-state index in [4.69, 9.17) is 0 Å². The molecule has 0 atom stereocenters. The zero-order valence-electron chi connectivity index (χ0n) is 9.96. The molecular formula is C11H13N7. The van der Waals surface area contributed by atoms with Crippen LogP contribution >= 0.6 is 0 Å². The molecule has 3 heterocycles. The van der Waals surface area contributed by atoms with Gasteiger partial charge in [0.1, 0.15) is 12.2 Å². The molecule has 0 aliphatic heterocycles. The van der Waals surface area contributed by atoms with Crippen LogP contribution in [0.4, 0.5) is 5.95 Å². The summed E-state index contributed by atoms with van der Waals surface area (Å²) < 4.78 is 1.77. The molecule has 3 rings (SSSR count). The predicted octanol–water partition coefficient (Wildman–Crippen LogP) is 0.810. The fraction of sp³-hybridized carbons (Fsp3) is 0.273. The number of aromatic amines is 1. The first-order valence-electron chi connectivity index (χ1n) is 5.73. The molecule has 0 aliphatic carbocycles. The number of pyridine rings is 1. The molecule has 7 heteroatoms. The number of aromatic nitrogens is 6. The van der Waals surface area contributed by atoms with Crippen molar-refractivity contribution in [1.29, 1.82) is 0 Å². The predicted molar refractivity (Wildman–Crippen MR) is 66.3 cm³/mol.